The van der Waals surface area contributed by atoms with Gasteiger partial charge in [0, 0.05) is 21.8 Å². The molecule has 8 heteroatoms. The molecular formula is C24H17ClN4O3. The van der Waals surface area contributed by atoms with Crippen LogP contribution in [-0.4, -0.2) is 31.2 Å². The maximum absolute atomic E-state index is 12.5. The van der Waals surface area contributed by atoms with Gasteiger partial charge in [0.1, 0.15) is 17.7 Å². The number of halogens is 1. The van der Waals surface area contributed by atoms with Gasteiger partial charge in [-0.05, 0) is 29.8 Å². The minimum atomic E-state index is -0.729. The van der Waals surface area contributed by atoms with Crippen LogP contribution in [0.15, 0.2) is 77.2 Å². The zero-order valence-corrected chi connectivity index (χ0v) is 17.5. The highest BCUT2D eigenvalue weighted by Gasteiger charge is 2.50. The minimum absolute atomic E-state index is 0.112. The van der Waals surface area contributed by atoms with Gasteiger partial charge >= 0.3 is 6.01 Å². The summed E-state index contributed by atoms with van der Waals surface area (Å²) in [4.78, 5) is 13.9. The van der Waals surface area contributed by atoms with Gasteiger partial charge in [-0.3, -0.25) is 9.69 Å². The summed E-state index contributed by atoms with van der Waals surface area (Å²) in [6.45, 7) is 0.372. The number of phenolic OH excluding ortho intramolecular Hbond substituents is 1. The summed E-state index contributed by atoms with van der Waals surface area (Å²) in [5.74, 6) is 0.238. The molecule has 3 heterocycles. The van der Waals surface area contributed by atoms with E-state index in [4.69, 9.17) is 16.0 Å². The zero-order valence-electron chi connectivity index (χ0n) is 16.7. The van der Waals surface area contributed by atoms with E-state index in [0.29, 0.717) is 12.4 Å². The van der Waals surface area contributed by atoms with Crippen molar-refractivity contribution in [1.29, 1.82) is 0 Å². The topological polar surface area (TPSA) is 84.4 Å². The van der Waals surface area contributed by atoms with Crippen molar-refractivity contribution in [1.82, 2.24) is 14.8 Å². The Balaban J connectivity index is 1.35. The van der Waals surface area contributed by atoms with E-state index in [0.717, 1.165) is 27.4 Å². The number of carbonyl (C=O) groups is 1. The number of rotatable bonds is 4. The number of phenols is 1. The van der Waals surface area contributed by atoms with E-state index in [1.165, 1.54) is 4.90 Å². The van der Waals surface area contributed by atoms with Crippen LogP contribution in [0, 0.1) is 0 Å². The van der Waals surface area contributed by atoms with Gasteiger partial charge in [-0.15, -0.1) is 16.7 Å². The molecule has 5 aromatic rings. The molecule has 1 amide bonds. The Morgan fingerprint density at radius 1 is 0.906 bits per heavy atom. The Kier molecular flexibility index (Phi) is 4.19. The van der Waals surface area contributed by atoms with E-state index in [1.54, 1.807) is 24.3 Å². The molecule has 0 bridgehead atoms. The van der Waals surface area contributed by atoms with Crippen LogP contribution >= 0.6 is 11.6 Å². The summed E-state index contributed by atoms with van der Waals surface area (Å²) in [5, 5.41) is 19.4. The number of aromatic hydroxyl groups is 1. The fraction of sp³-hybridized carbons (Fsp3) is 0.125. The predicted molar refractivity (Wildman–Crippen MR) is 121 cm³/mol. The van der Waals surface area contributed by atoms with E-state index < -0.39 is 11.4 Å². The Morgan fingerprint density at radius 2 is 1.53 bits per heavy atom. The van der Waals surface area contributed by atoms with E-state index in [9.17, 15) is 9.90 Å². The Morgan fingerprint density at radius 3 is 2.19 bits per heavy atom. The monoisotopic (exact) mass is 444 g/mol. The van der Waals surface area contributed by atoms with Crippen molar-refractivity contribution < 1.29 is 14.3 Å². The lowest BCUT2D eigenvalue weighted by atomic mass is 9.94. The lowest BCUT2D eigenvalue weighted by Gasteiger charge is -2.41. The van der Waals surface area contributed by atoms with Gasteiger partial charge in [-0.25, -0.2) is 0 Å². The normalized spacial score (nSPS) is 18.4. The molecule has 2 aromatic heterocycles. The summed E-state index contributed by atoms with van der Waals surface area (Å²) < 4.78 is 8.03. The average molecular weight is 445 g/mol. The van der Waals surface area contributed by atoms with Crippen molar-refractivity contribution in [3.8, 4) is 5.75 Å². The van der Waals surface area contributed by atoms with Crippen molar-refractivity contribution >= 4 is 45.3 Å². The number of fused-ring (bicyclic) bond motifs is 3. The Bertz CT molecular complexity index is 1420. The second-order valence-electron chi connectivity index (χ2n) is 7.75. The summed E-state index contributed by atoms with van der Waals surface area (Å²) in [6.07, 6.45) is 0. The number of anilines is 1. The number of aromatic nitrogens is 3. The largest absolute Gasteiger partial charge is 0.508 e. The van der Waals surface area contributed by atoms with Gasteiger partial charge < -0.3 is 14.1 Å². The number of alkyl halides is 1. The first-order valence-electron chi connectivity index (χ1n) is 10.2. The van der Waals surface area contributed by atoms with Crippen molar-refractivity contribution in [3.63, 3.8) is 0 Å². The number of amides is 1. The van der Waals surface area contributed by atoms with Gasteiger partial charge in [0.15, 0.2) is 0 Å². The summed E-state index contributed by atoms with van der Waals surface area (Å²) in [5.41, 5.74) is 2.91. The predicted octanol–water partition coefficient (Wildman–Crippen LogP) is 4.63. The zero-order chi connectivity index (χ0) is 21.8. The van der Waals surface area contributed by atoms with Crippen LogP contribution < -0.4 is 4.90 Å². The summed E-state index contributed by atoms with van der Waals surface area (Å²) >= 11 is 6.29. The molecule has 0 spiro atoms. The molecule has 6 rings (SSSR count). The van der Waals surface area contributed by atoms with E-state index in [-0.39, 0.29) is 17.7 Å². The van der Waals surface area contributed by atoms with Crippen molar-refractivity contribution in [2.24, 2.45) is 0 Å². The molecule has 1 saturated heterocycles. The maximum atomic E-state index is 12.5. The Hall–Kier alpha value is -3.84. The van der Waals surface area contributed by atoms with Gasteiger partial charge in [-0.1, -0.05) is 53.6 Å². The number of β-lactam (4-membered cyclic amide) rings is 1. The molecule has 0 aliphatic carbocycles. The number of benzene rings is 3. The fourth-order valence-electron chi connectivity index (χ4n) is 4.37. The van der Waals surface area contributed by atoms with Gasteiger partial charge in [0.2, 0.25) is 5.89 Å². The highest BCUT2D eigenvalue weighted by atomic mass is 35.5. The van der Waals surface area contributed by atoms with Crippen LogP contribution in [0.5, 0.6) is 5.75 Å². The molecule has 1 fully saturated rings. The standard InChI is InChI=1S/C24H17ClN4O3/c25-21-22(14-9-11-15(30)12-10-14)29(23(21)31)24-27-26-20(32-24)13-28-18-7-3-1-5-16(18)17-6-2-4-8-19(17)28/h1-12,21-22,30H,13H2. The SMILES string of the molecule is O=C1C(Cl)C(c2ccc(O)cc2)N1c1nnc(Cn2c3ccccc3c3ccccc32)o1. The molecule has 2 atom stereocenters. The number of carbonyl (C=O) groups excluding carboxylic acids is 1. The molecular weight excluding hydrogens is 428 g/mol. The third kappa shape index (κ3) is 2.78. The molecule has 32 heavy (non-hydrogen) atoms. The molecule has 1 N–H and O–H groups in total. The molecule has 7 nitrogen and oxygen atoms in total. The number of hydrogen-bond donors (Lipinski definition) is 1. The summed E-state index contributed by atoms with van der Waals surface area (Å²) in [7, 11) is 0. The highest BCUT2D eigenvalue weighted by Crippen LogP contribution is 2.42. The first-order valence-corrected chi connectivity index (χ1v) is 10.6. The first kappa shape index (κ1) is 18.9. The van der Waals surface area contributed by atoms with Gasteiger partial charge in [0.05, 0.1) is 6.04 Å². The third-order valence-electron chi connectivity index (χ3n) is 5.90. The minimum Gasteiger partial charge on any atom is -0.508 e. The van der Waals surface area contributed by atoms with E-state index in [1.807, 2.05) is 24.3 Å². The van der Waals surface area contributed by atoms with Crippen LogP contribution in [-0.2, 0) is 11.3 Å². The van der Waals surface area contributed by atoms with E-state index >= 15 is 0 Å². The second-order valence-corrected chi connectivity index (χ2v) is 8.22. The van der Waals surface area contributed by atoms with Crippen molar-refractivity contribution in [2.45, 2.75) is 18.0 Å². The van der Waals surface area contributed by atoms with Crippen LogP contribution in [0.25, 0.3) is 21.8 Å². The number of hydrogen-bond acceptors (Lipinski definition) is 5. The molecule has 2 unspecified atom stereocenters. The van der Waals surface area contributed by atoms with Crippen LogP contribution in [0.1, 0.15) is 17.5 Å². The second kappa shape index (κ2) is 7.10. The fourth-order valence-corrected chi connectivity index (χ4v) is 4.73. The number of nitrogens with zero attached hydrogens (tertiary/aromatic N) is 4. The summed E-state index contributed by atoms with van der Waals surface area (Å²) in [6, 6.07) is 22.6. The molecule has 1 aliphatic rings. The molecule has 1 aliphatic heterocycles. The van der Waals surface area contributed by atoms with Gasteiger partial charge in [0.25, 0.3) is 5.91 Å². The maximum Gasteiger partial charge on any atom is 0.325 e. The molecule has 0 saturated carbocycles. The number of para-hydroxylation sites is 2. The Labute approximate surface area is 187 Å². The van der Waals surface area contributed by atoms with Crippen molar-refractivity contribution in [2.75, 3.05) is 4.90 Å². The first-order chi connectivity index (χ1) is 15.6. The average Bonchev–Trinajstić information content (AvgIpc) is 3.41. The van der Waals surface area contributed by atoms with Crippen molar-refractivity contribution in [3.05, 3.63) is 84.3 Å². The third-order valence-corrected chi connectivity index (χ3v) is 6.32. The quantitative estimate of drug-likeness (QED) is 0.323. The lowest BCUT2D eigenvalue weighted by Crippen LogP contribution is -2.56. The highest BCUT2D eigenvalue weighted by molar-refractivity contribution is 6.37. The van der Waals surface area contributed by atoms with Crippen LogP contribution in [0.3, 0.4) is 0 Å². The molecule has 158 valence electrons. The molecule has 3 aromatic carbocycles. The van der Waals surface area contributed by atoms with Crippen LogP contribution in [0.2, 0.25) is 0 Å². The van der Waals surface area contributed by atoms with Crippen LogP contribution in [0.4, 0.5) is 6.01 Å². The van der Waals surface area contributed by atoms with Gasteiger partial charge in [-0.2, -0.15) is 0 Å². The van der Waals surface area contributed by atoms with E-state index in [2.05, 4.69) is 39.0 Å². The smallest absolute Gasteiger partial charge is 0.325 e. The lowest BCUT2D eigenvalue weighted by molar-refractivity contribution is -0.124. The molecule has 0 radical (unpaired) electrons.